The second-order valence-electron chi connectivity index (χ2n) is 12.7. The van der Waals surface area contributed by atoms with Gasteiger partial charge in [-0.3, -0.25) is 19.2 Å². The summed E-state index contributed by atoms with van der Waals surface area (Å²) < 4.78 is 12.5. The number of fused-ring (bicyclic) bond motifs is 2. The number of aliphatic hydroxyl groups excluding tert-OH is 1. The van der Waals surface area contributed by atoms with Gasteiger partial charge in [-0.2, -0.15) is 0 Å². The molecular weight excluding hydrogens is 538 g/mol. The van der Waals surface area contributed by atoms with Gasteiger partial charge in [-0.1, -0.05) is 54.6 Å². The number of hydrogen-bond donors (Lipinski definition) is 2. The Kier molecular flexibility index (Phi) is 8.31. The molecule has 4 heterocycles. The normalized spacial score (nSPS) is 33.4. The third-order valence-corrected chi connectivity index (χ3v) is 8.70. The lowest BCUT2D eigenvalue weighted by molar-refractivity contribution is -0.160. The third kappa shape index (κ3) is 5.38. The molecule has 7 atom stereocenters. The molecule has 0 radical (unpaired) electrons. The predicted octanol–water partition coefficient (Wildman–Crippen LogP) is 1.77. The number of rotatable bonds is 4. The molecule has 5 rings (SSSR count). The van der Waals surface area contributed by atoms with Gasteiger partial charge in [0.1, 0.15) is 23.7 Å². The average Bonchev–Trinajstić information content (AvgIpc) is 3.32. The number of carbonyl (C=O) groups excluding carboxylic acids is 4. The van der Waals surface area contributed by atoms with E-state index in [1.807, 2.05) is 57.2 Å². The summed E-state index contributed by atoms with van der Waals surface area (Å²) in [7, 11) is 0. The molecule has 0 bridgehead atoms. The Balaban J connectivity index is 1.62. The predicted molar refractivity (Wildman–Crippen MR) is 154 cm³/mol. The van der Waals surface area contributed by atoms with Crippen molar-refractivity contribution in [2.45, 2.75) is 82.4 Å². The van der Waals surface area contributed by atoms with Crippen LogP contribution < -0.4 is 5.32 Å². The summed E-state index contributed by atoms with van der Waals surface area (Å²) in [6.45, 7) is 7.56. The molecule has 2 fully saturated rings. The van der Waals surface area contributed by atoms with E-state index in [9.17, 15) is 24.3 Å². The van der Waals surface area contributed by atoms with Crippen LogP contribution in [0.15, 0.2) is 54.6 Å². The van der Waals surface area contributed by atoms with E-state index in [2.05, 4.69) is 5.32 Å². The minimum absolute atomic E-state index is 0.146. The second kappa shape index (κ2) is 11.6. The van der Waals surface area contributed by atoms with Gasteiger partial charge in [0.15, 0.2) is 0 Å². The number of ether oxygens (including phenoxy) is 2. The molecule has 10 nitrogen and oxygen atoms in total. The summed E-state index contributed by atoms with van der Waals surface area (Å²) in [6, 6.07) is 7.67. The number of likely N-dealkylation sites (tertiary alicyclic amines) is 1. The minimum atomic E-state index is -1.45. The molecular formula is C32H41N3O7. The SMILES string of the molecule is C[C@H]1CNC(=O)CC/C=C\[C@@H]2O[C@@]34C=CCN(C(C)(C)C)C(=O)[C@@H]3N([C@@H](CO)Cc3ccccc3)C(=O)[C@H]4[C@@H]2C(=O)O1. The maximum Gasteiger partial charge on any atom is 0.313 e. The summed E-state index contributed by atoms with van der Waals surface area (Å²) in [5.74, 6) is -3.55. The van der Waals surface area contributed by atoms with E-state index in [1.54, 1.807) is 30.1 Å². The van der Waals surface area contributed by atoms with Crippen molar-refractivity contribution in [2.75, 3.05) is 19.7 Å². The van der Waals surface area contributed by atoms with Gasteiger partial charge in [-0.15, -0.1) is 0 Å². The van der Waals surface area contributed by atoms with E-state index < -0.39 is 59.1 Å². The number of aliphatic hydroxyl groups is 1. The lowest BCUT2D eigenvalue weighted by Crippen LogP contribution is -2.61. The number of benzene rings is 1. The molecule has 3 amide bonds. The van der Waals surface area contributed by atoms with Gasteiger partial charge in [0, 0.05) is 18.5 Å². The Morgan fingerprint density at radius 1 is 1.10 bits per heavy atom. The highest BCUT2D eigenvalue weighted by Crippen LogP contribution is 2.54. The number of nitrogens with zero attached hydrogens (tertiary/aromatic N) is 2. The highest BCUT2D eigenvalue weighted by Gasteiger charge is 2.72. The molecule has 10 heteroatoms. The van der Waals surface area contributed by atoms with Crippen molar-refractivity contribution in [3.8, 4) is 0 Å². The standard InChI is InChI=1S/C32H41N3O7/c1-20-18-33-24(37)14-9-8-13-23-25(30(40)41-20)26-28(38)35(22(19-36)17-21-11-6-5-7-12-21)27-29(39)34(31(2,3)4)16-10-15-32(26,27)42-23/h5-8,10-13,15,20,22-23,25-27,36H,9,14,16-19H2,1-4H3,(H,33,37)/b13-8-/t20-,22+,23-,25+,26+,27-,32+/m0/s1. The van der Waals surface area contributed by atoms with Crippen LogP contribution in [0, 0.1) is 11.8 Å². The first-order valence-electron chi connectivity index (χ1n) is 14.8. The molecule has 2 N–H and O–H groups in total. The van der Waals surface area contributed by atoms with Crippen molar-refractivity contribution in [3.05, 3.63) is 60.2 Å². The van der Waals surface area contributed by atoms with E-state index in [0.29, 0.717) is 19.4 Å². The van der Waals surface area contributed by atoms with E-state index >= 15 is 0 Å². The van der Waals surface area contributed by atoms with Gasteiger partial charge >= 0.3 is 5.97 Å². The van der Waals surface area contributed by atoms with E-state index in [0.717, 1.165) is 5.56 Å². The molecule has 1 spiro atoms. The summed E-state index contributed by atoms with van der Waals surface area (Å²) in [6.07, 6.45) is 6.65. The van der Waals surface area contributed by atoms with Crippen LogP contribution in [0.5, 0.6) is 0 Å². The van der Waals surface area contributed by atoms with Crippen molar-refractivity contribution in [1.29, 1.82) is 0 Å². The van der Waals surface area contributed by atoms with E-state index in [-0.39, 0.29) is 31.4 Å². The van der Waals surface area contributed by atoms with Gasteiger partial charge in [0.05, 0.1) is 31.2 Å². The van der Waals surface area contributed by atoms with Crippen LogP contribution in [0.1, 0.15) is 46.1 Å². The summed E-state index contributed by atoms with van der Waals surface area (Å²) >= 11 is 0. The highest BCUT2D eigenvalue weighted by atomic mass is 16.6. The Hall–Kier alpha value is -3.50. The van der Waals surface area contributed by atoms with Gasteiger partial charge in [-0.05, 0) is 46.1 Å². The number of esters is 1. The monoisotopic (exact) mass is 579 g/mol. The fourth-order valence-corrected chi connectivity index (χ4v) is 6.74. The maximum atomic E-state index is 14.6. The number of carbonyl (C=O) groups is 4. The van der Waals surface area contributed by atoms with Gasteiger partial charge < -0.3 is 29.7 Å². The van der Waals surface area contributed by atoms with Gasteiger partial charge in [0.2, 0.25) is 17.7 Å². The molecule has 1 aromatic rings. The Labute approximate surface area is 246 Å². The van der Waals surface area contributed by atoms with Crippen molar-refractivity contribution in [1.82, 2.24) is 15.1 Å². The number of amides is 3. The lowest BCUT2D eigenvalue weighted by atomic mass is 9.77. The molecule has 0 unspecified atom stereocenters. The first-order valence-corrected chi connectivity index (χ1v) is 14.8. The van der Waals surface area contributed by atoms with E-state index in [4.69, 9.17) is 9.47 Å². The number of cyclic esters (lactones) is 1. The molecule has 226 valence electrons. The van der Waals surface area contributed by atoms with Gasteiger partial charge in [0.25, 0.3) is 0 Å². The van der Waals surface area contributed by atoms with Crippen LogP contribution in [0.4, 0.5) is 0 Å². The molecule has 4 aliphatic rings. The van der Waals surface area contributed by atoms with Crippen LogP contribution in [-0.4, -0.2) is 93.7 Å². The smallest absolute Gasteiger partial charge is 0.313 e. The first-order chi connectivity index (χ1) is 20.0. The molecule has 0 saturated carbocycles. The largest absolute Gasteiger partial charge is 0.460 e. The second-order valence-corrected chi connectivity index (χ2v) is 12.7. The molecule has 0 aromatic heterocycles. The Morgan fingerprint density at radius 3 is 2.52 bits per heavy atom. The van der Waals surface area contributed by atoms with Gasteiger partial charge in [-0.25, -0.2) is 0 Å². The van der Waals surface area contributed by atoms with E-state index in [1.165, 1.54) is 4.90 Å². The molecule has 4 aliphatic heterocycles. The maximum absolute atomic E-state index is 14.6. The zero-order valence-corrected chi connectivity index (χ0v) is 24.7. The summed E-state index contributed by atoms with van der Waals surface area (Å²) in [5.41, 5.74) is -1.11. The zero-order chi connectivity index (χ0) is 30.2. The Bertz CT molecular complexity index is 1270. The topological polar surface area (TPSA) is 125 Å². The molecule has 1 aromatic carbocycles. The van der Waals surface area contributed by atoms with Crippen LogP contribution in [0.25, 0.3) is 0 Å². The van der Waals surface area contributed by atoms with Crippen LogP contribution in [0.2, 0.25) is 0 Å². The zero-order valence-electron chi connectivity index (χ0n) is 24.7. The lowest BCUT2D eigenvalue weighted by Gasteiger charge is -2.42. The summed E-state index contributed by atoms with van der Waals surface area (Å²) in [4.78, 5) is 58.2. The Morgan fingerprint density at radius 2 is 1.83 bits per heavy atom. The quantitative estimate of drug-likeness (QED) is 0.411. The van der Waals surface area contributed by atoms with Crippen molar-refractivity contribution in [3.63, 3.8) is 0 Å². The fraction of sp³-hybridized carbons (Fsp3) is 0.562. The number of allylic oxidation sites excluding steroid dienone is 1. The van der Waals surface area contributed by atoms with Crippen molar-refractivity contribution in [2.24, 2.45) is 11.8 Å². The van der Waals surface area contributed by atoms with Crippen LogP contribution in [-0.2, 0) is 35.1 Å². The average molecular weight is 580 g/mol. The number of hydrogen-bond acceptors (Lipinski definition) is 7. The molecule has 2 saturated heterocycles. The summed E-state index contributed by atoms with van der Waals surface area (Å²) in [5, 5.41) is 13.4. The van der Waals surface area contributed by atoms with Crippen LogP contribution >= 0.6 is 0 Å². The van der Waals surface area contributed by atoms with Crippen molar-refractivity contribution >= 4 is 23.7 Å². The molecule has 0 aliphatic carbocycles. The van der Waals surface area contributed by atoms with Crippen LogP contribution in [0.3, 0.4) is 0 Å². The minimum Gasteiger partial charge on any atom is -0.460 e. The van der Waals surface area contributed by atoms with Crippen molar-refractivity contribution < 1.29 is 33.8 Å². The third-order valence-electron chi connectivity index (χ3n) is 8.70. The highest BCUT2D eigenvalue weighted by molar-refractivity contribution is 5.99. The fourth-order valence-electron chi connectivity index (χ4n) is 6.74. The number of nitrogens with one attached hydrogen (secondary N) is 1. The molecule has 42 heavy (non-hydrogen) atoms. The first kappa shape index (κ1) is 30.0.